The highest BCUT2D eigenvalue weighted by Gasteiger charge is 2.64. The highest BCUT2D eigenvalue weighted by atomic mass is 32.2. The topological polar surface area (TPSA) is 317 Å². The van der Waals surface area contributed by atoms with Gasteiger partial charge in [-0.3, -0.25) is 24.1 Å². The minimum atomic E-state index is -1.30. The van der Waals surface area contributed by atoms with Gasteiger partial charge < -0.3 is 52.3 Å². The van der Waals surface area contributed by atoms with Crippen LogP contribution in [-0.4, -0.2) is 128 Å². The number of nitrogens with one attached hydrogen (secondary N) is 2. The molecule has 2 aromatic rings. The summed E-state index contributed by atoms with van der Waals surface area (Å²) in [6.45, 7) is 6.31. The molecule has 10 N–H and O–H groups in total. The van der Waals surface area contributed by atoms with E-state index in [1.807, 2.05) is 0 Å². The molecule has 6 atom stereocenters. The van der Waals surface area contributed by atoms with E-state index in [1.54, 1.807) is 13.8 Å². The molecular formula is C32H34N8O12S3. The second kappa shape index (κ2) is 16.0. The first-order valence-corrected chi connectivity index (χ1v) is 18.7. The molecule has 0 spiro atoms. The molecule has 1 aromatic heterocycles. The van der Waals surface area contributed by atoms with Crippen molar-refractivity contribution in [2.24, 2.45) is 10.9 Å². The molecule has 0 unspecified atom stereocenters. The molecule has 4 aliphatic rings. The summed E-state index contributed by atoms with van der Waals surface area (Å²) in [6, 6.07) is 2.20. The van der Waals surface area contributed by atoms with Crippen LogP contribution in [0.15, 0.2) is 58.7 Å². The van der Waals surface area contributed by atoms with Gasteiger partial charge in [-0.15, -0.1) is 34.9 Å². The van der Waals surface area contributed by atoms with Gasteiger partial charge in [0.05, 0.1) is 0 Å². The van der Waals surface area contributed by atoms with E-state index < -0.39 is 87.8 Å². The number of carboxylic acid groups (broad SMARTS) is 3. The number of hydrogen-bond donors (Lipinski definition) is 8. The lowest BCUT2D eigenvalue weighted by atomic mass is 9.95. The Bertz CT molecular complexity index is 2020. The number of nitrogens with zero attached hydrogens (tertiary/aromatic N) is 4. The fraction of sp³-hybridized carbons (Fsp3) is 0.344. The Morgan fingerprint density at radius 3 is 2.31 bits per heavy atom. The number of nitrogen functional groups attached to an aromatic ring is 1. The van der Waals surface area contributed by atoms with Crippen LogP contribution in [0.4, 0.5) is 5.13 Å². The number of carbonyl (C=O) groups is 7. The summed E-state index contributed by atoms with van der Waals surface area (Å²) in [6.07, 6.45) is 1.38. The van der Waals surface area contributed by atoms with E-state index >= 15 is 0 Å². The maximum absolute atomic E-state index is 12.7. The summed E-state index contributed by atoms with van der Waals surface area (Å²) in [7, 11) is 0. The van der Waals surface area contributed by atoms with Crippen molar-refractivity contribution < 1.29 is 58.8 Å². The van der Waals surface area contributed by atoms with Crippen LogP contribution in [0.25, 0.3) is 0 Å². The third-order valence-electron chi connectivity index (χ3n) is 8.56. The normalized spacial score (nSPS) is 24.1. The molecule has 3 saturated heterocycles. The third-order valence-corrected chi connectivity index (χ3v) is 12.1. The zero-order chi connectivity index (χ0) is 40.5. The second-order valence-electron chi connectivity index (χ2n) is 12.6. The lowest BCUT2D eigenvalue weighted by Crippen LogP contribution is -2.71. The van der Waals surface area contributed by atoms with Crippen molar-refractivity contribution in [2.45, 2.75) is 53.5 Å². The van der Waals surface area contributed by atoms with Gasteiger partial charge >= 0.3 is 17.9 Å². The summed E-state index contributed by atoms with van der Waals surface area (Å²) < 4.78 is -0.648. The Hall–Kier alpha value is -5.65. The predicted molar refractivity (Wildman–Crippen MR) is 197 cm³/mol. The van der Waals surface area contributed by atoms with Crippen LogP contribution in [0.1, 0.15) is 31.1 Å². The van der Waals surface area contributed by atoms with Crippen LogP contribution in [0.2, 0.25) is 0 Å². The molecule has 6 rings (SSSR count). The quantitative estimate of drug-likeness (QED) is 0.0759. The number of phenolic OH excluding ortho intramolecular Hbond substituents is 1. The van der Waals surface area contributed by atoms with Crippen molar-refractivity contribution >= 4 is 87.2 Å². The van der Waals surface area contributed by atoms with Crippen LogP contribution in [0.3, 0.4) is 0 Å². The number of oxime groups is 1. The van der Waals surface area contributed by atoms with Gasteiger partial charge in [-0.2, -0.15) is 0 Å². The van der Waals surface area contributed by atoms with Gasteiger partial charge in [-0.25, -0.2) is 19.4 Å². The number of benzene rings is 1. The van der Waals surface area contributed by atoms with E-state index in [9.17, 15) is 48.9 Å². The molecule has 4 amide bonds. The Balaban J connectivity index is 0.000000214. The first-order chi connectivity index (χ1) is 25.9. The number of nitrogens with two attached hydrogens (primary N) is 2. The summed E-state index contributed by atoms with van der Waals surface area (Å²) in [4.78, 5) is 94.6. The molecule has 0 radical (unpaired) electrons. The largest absolute Gasteiger partial charge is 0.508 e. The van der Waals surface area contributed by atoms with Crippen molar-refractivity contribution in [1.29, 1.82) is 0 Å². The average molecular weight is 819 g/mol. The van der Waals surface area contributed by atoms with Crippen LogP contribution < -0.4 is 22.1 Å². The van der Waals surface area contributed by atoms with E-state index in [0.717, 1.165) is 16.2 Å². The molecule has 0 aliphatic carbocycles. The van der Waals surface area contributed by atoms with E-state index in [2.05, 4.69) is 32.2 Å². The minimum absolute atomic E-state index is 0.0420. The van der Waals surface area contributed by atoms with Gasteiger partial charge in [0.15, 0.2) is 10.8 Å². The number of thiazole rings is 1. The van der Waals surface area contributed by atoms with E-state index in [0.29, 0.717) is 16.9 Å². The molecule has 3 fully saturated rings. The third kappa shape index (κ3) is 8.08. The number of carboxylic acids is 3. The summed E-state index contributed by atoms with van der Waals surface area (Å²) in [5.74, 6) is -5.66. The van der Waals surface area contributed by atoms with Crippen molar-refractivity contribution in [2.75, 3.05) is 18.1 Å². The van der Waals surface area contributed by atoms with Crippen molar-refractivity contribution in [3.8, 4) is 5.75 Å². The van der Waals surface area contributed by atoms with Gasteiger partial charge in [0.1, 0.15) is 52.1 Å². The SMILES string of the molecule is C=CC1=C(C(=O)O)N2C(=O)[C@@H](NC(=O)/C(=N\OCC(=O)O)c3csc(N)n3)[C@H]2SC1.CC1(C)S[C@@H]2[C@H](NC(=O)[C@H](N)c3ccc(O)cc3)C(=O)N2[C@H]1C(=O)O. The van der Waals surface area contributed by atoms with E-state index in [-0.39, 0.29) is 28.0 Å². The second-order valence-corrected chi connectivity index (χ2v) is 16.3. The number of amides is 4. The number of β-lactam (4-membered cyclic amide) rings is 2. The van der Waals surface area contributed by atoms with E-state index in [1.165, 1.54) is 64.1 Å². The number of aromatic hydroxyl groups is 1. The monoisotopic (exact) mass is 818 g/mol. The molecule has 1 aromatic carbocycles. The summed E-state index contributed by atoms with van der Waals surface area (Å²) in [5.41, 5.74) is 11.9. The van der Waals surface area contributed by atoms with E-state index in [4.69, 9.17) is 16.6 Å². The zero-order valence-corrected chi connectivity index (χ0v) is 31.2. The maximum atomic E-state index is 12.7. The molecule has 0 saturated carbocycles. The number of fused-ring (bicyclic) bond motifs is 2. The van der Waals surface area contributed by atoms with Gasteiger partial charge in [-0.1, -0.05) is 29.9 Å². The lowest BCUT2D eigenvalue weighted by molar-refractivity contribution is -0.161. The molecular weight excluding hydrogens is 785 g/mol. The Morgan fingerprint density at radius 1 is 1.09 bits per heavy atom. The number of thioether (sulfide) groups is 2. The van der Waals surface area contributed by atoms with Crippen molar-refractivity contribution in [3.05, 3.63) is 64.8 Å². The van der Waals surface area contributed by atoms with Crippen molar-refractivity contribution in [3.63, 3.8) is 0 Å². The number of aromatic nitrogens is 1. The predicted octanol–water partition coefficient (Wildman–Crippen LogP) is -0.521. The Morgan fingerprint density at radius 2 is 1.75 bits per heavy atom. The van der Waals surface area contributed by atoms with Crippen LogP contribution in [-0.2, 0) is 38.4 Å². The molecule has 5 heterocycles. The standard InChI is InChI=1S/C16H15N5O7S2.C16H19N3O5S/c1-2-6-4-29-14-10(13(25)21(14)11(6)15(26)27)19-12(24)9(20-28-3-8(22)23)7-5-30-16(17)18-7;1-16(2)11(15(23)24)19-13(22)10(14(19)25-16)18-12(21)9(17)7-3-5-8(20)6-4-7/h2,5,10,14H,1,3-4H2,(H2,17,18)(H,19,24)(H,22,23)(H,26,27);3-6,9-11,14,20H,17H2,1-2H3,(H,18,21)(H,23,24)/b20-9-;/t10-,14-;9-,10-,11+,14-/m11/s1. The number of hydrogen-bond acceptors (Lipinski definition) is 16. The fourth-order valence-electron chi connectivity index (χ4n) is 5.98. The van der Waals surface area contributed by atoms with Crippen LogP contribution >= 0.6 is 34.9 Å². The van der Waals surface area contributed by atoms with Gasteiger partial charge in [0.2, 0.25) is 18.4 Å². The number of rotatable bonds is 12. The average Bonchev–Trinajstić information content (AvgIpc) is 3.67. The minimum Gasteiger partial charge on any atom is -0.508 e. The number of allylic oxidation sites excluding steroid dienone is 1. The molecule has 23 heteroatoms. The van der Waals surface area contributed by atoms with Crippen LogP contribution in [0.5, 0.6) is 5.75 Å². The maximum Gasteiger partial charge on any atom is 0.352 e. The zero-order valence-electron chi connectivity index (χ0n) is 28.8. The smallest absolute Gasteiger partial charge is 0.352 e. The molecule has 4 aliphatic heterocycles. The number of carbonyl (C=O) groups excluding carboxylic acids is 4. The first-order valence-electron chi connectivity index (χ1n) is 15.9. The first kappa shape index (κ1) is 40.5. The highest BCUT2D eigenvalue weighted by Crippen LogP contribution is 2.50. The number of aliphatic carboxylic acids is 3. The summed E-state index contributed by atoms with van der Waals surface area (Å²) in [5, 5.41) is 45.9. The molecule has 55 heavy (non-hydrogen) atoms. The number of anilines is 1. The summed E-state index contributed by atoms with van der Waals surface area (Å²) >= 11 is 3.65. The van der Waals surface area contributed by atoms with Gasteiger partial charge in [-0.05, 0) is 37.1 Å². The highest BCUT2D eigenvalue weighted by molar-refractivity contribution is 8.01. The Kier molecular flexibility index (Phi) is 11.8. The van der Waals surface area contributed by atoms with Gasteiger partial charge in [0, 0.05) is 15.9 Å². The van der Waals surface area contributed by atoms with Gasteiger partial charge in [0.25, 0.3) is 11.8 Å². The number of phenols is 1. The Labute approximate surface area is 323 Å². The van der Waals surface area contributed by atoms with Crippen molar-refractivity contribution in [1.82, 2.24) is 25.4 Å². The lowest BCUT2D eigenvalue weighted by Gasteiger charge is -2.49. The molecule has 292 valence electrons. The van der Waals surface area contributed by atoms with Crippen LogP contribution in [0, 0.1) is 0 Å². The fourth-order valence-corrected chi connectivity index (χ4v) is 9.50. The molecule has 20 nitrogen and oxygen atoms in total. The molecule has 0 bridgehead atoms.